The van der Waals surface area contributed by atoms with Gasteiger partial charge >= 0.3 is 11.8 Å². The molecule has 122 valence electrons. The van der Waals surface area contributed by atoms with Crippen LogP contribution >= 0.6 is 23.2 Å². The summed E-state index contributed by atoms with van der Waals surface area (Å²) in [5.41, 5.74) is 1.80. The molecule has 3 aromatic rings. The average Bonchev–Trinajstić information content (AvgIpc) is 3.07. The van der Waals surface area contributed by atoms with Gasteiger partial charge in [-0.2, -0.15) is 4.98 Å². The van der Waals surface area contributed by atoms with Crippen LogP contribution in [0.3, 0.4) is 0 Å². The van der Waals surface area contributed by atoms with Gasteiger partial charge in [0, 0.05) is 22.2 Å². The molecule has 0 saturated carbocycles. The minimum Gasteiger partial charge on any atom is -0.347 e. The highest BCUT2D eigenvalue weighted by Crippen LogP contribution is 2.18. The number of nitrogens with one attached hydrogen (secondary N) is 1. The molecule has 0 aliphatic rings. The van der Waals surface area contributed by atoms with Gasteiger partial charge in [-0.25, -0.2) is 0 Å². The predicted molar refractivity (Wildman–Crippen MR) is 92.2 cm³/mol. The van der Waals surface area contributed by atoms with Gasteiger partial charge < -0.3 is 9.84 Å². The standard InChI is InChI=1S/C17H13Cl2N3O2/c18-13-5-1-11(2-6-13)9-10-20-16(23)17-21-15(22-24-17)12-3-7-14(19)8-4-12/h1-8H,9-10H2,(H,20,23). The summed E-state index contributed by atoms with van der Waals surface area (Å²) in [5.74, 6) is -0.137. The van der Waals surface area contributed by atoms with E-state index in [1.54, 1.807) is 24.3 Å². The van der Waals surface area contributed by atoms with Gasteiger partial charge in [0.05, 0.1) is 0 Å². The van der Waals surface area contributed by atoms with Crippen molar-refractivity contribution >= 4 is 29.1 Å². The van der Waals surface area contributed by atoms with Crippen molar-refractivity contribution in [3.63, 3.8) is 0 Å². The topological polar surface area (TPSA) is 68.0 Å². The van der Waals surface area contributed by atoms with Crippen molar-refractivity contribution < 1.29 is 9.32 Å². The maximum Gasteiger partial charge on any atom is 0.316 e. The van der Waals surface area contributed by atoms with E-state index in [1.807, 2.05) is 24.3 Å². The van der Waals surface area contributed by atoms with Crippen LogP contribution in [0.4, 0.5) is 0 Å². The Kier molecular flexibility index (Phi) is 5.13. The molecule has 0 aliphatic carbocycles. The van der Waals surface area contributed by atoms with Crippen LogP contribution in [0, 0.1) is 0 Å². The quantitative estimate of drug-likeness (QED) is 0.745. The fraction of sp³-hybridized carbons (Fsp3) is 0.118. The van der Waals surface area contributed by atoms with E-state index in [-0.39, 0.29) is 5.89 Å². The summed E-state index contributed by atoms with van der Waals surface area (Å²) in [7, 11) is 0. The molecule has 7 heteroatoms. The Bertz CT molecular complexity index is 830. The zero-order valence-electron chi connectivity index (χ0n) is 12.5. The van der Waals surface area contributed by atoms with Crippen LogP contribution in [0.15, 0.2) is 53.1 Å². The van der Waals surface area contributed by atoms with E-state index in [1.165, 1.54) is 0 Å². The molecule has 1 aromatic heterocycles. The lowest BCUT2D eigenvalue weighted by Gasteiger charge is -2.02. The van der Waals surface area contributed by atoms with Crippen LogP contribution in [0.1, 0.15) is 16.2 Å². The molecule has 0 atom stereocenters. The van der Waals surface area contributed by atoms with Crippen molar-refractivity contribution in [1.29, 1.82) is 0 Å². The van der Waals surface area contributed by atoms with Crippen molar-refractivity contribution in [3.8, 4) is 11.4 Å². The summed E-state index contributed by atoms with van der Waals surface area (Å²) in [4.78, 5) is 16.1. The molecule has 3 rings (SSSR count). The lowest BCUT2D eigenvalue weighted by molar-refractivity contribution is 0.0910. The molecule has 0 unspecified atom stereocenters. The summed E-state index contributed by atoms with van der Waals surface area (Å²) in [6, 6.07) is 14.4. The van der Waals surface area contributed by atoms with E-state index in [4.69, 9.17) is 27.7 Å². The second kappa shape index (κ2) is 7.47. The molecule has 24 heavy (non-hydrogen) atoms. The third-order valence-electron chi connectivity index (χ3n) is 3.34. The molecule has 5 nitrogen and oxygen atoms in total. The van der Waals surface area contributed by atoms with Crippen molar-refractivity contribution in [2.24, 2.45) is 0 Å². The Morgan fingerprint density at radius 3 is 2.29 bits per heavy atom. The largest absolute Gasteiger partial charge is 0.347 e. The maximum atomic E-state index is 12.0. The van der Waals surface area contributed by atoms with Crippen LogP contribution in [-0.2, 0) is 6.42 Å². The third-order valence-corrected chi connectivity index (χ3v) is 3.84. The minimum absolute atomic E-state index is 0.0731. The van der Waals surface area contributed by atoms with Crippen LogP contribution in [-0.4, -0.2) is 22.6 Å². The number of rotatable bonds is 5. The summed E-state index contributed by atoms with van der Waals surface area (Å²) >= 11 is 11.7. The lowest BCUT2D eigenvalue weighted by atomic mass is 10.1. The number of halogens is 2. The second-order valence-corrected chi connectivity index (χ2v) is 5.94. The van der Waals surface area contributed by atoms with Crippen molar-refractivity contribution in [2.75, 3.05) is 6.54 Å². The molecule has 1 N–H and O–H groups in total. The maximum absolute atomic E-state index is 12.0. The fourth-order valence-electron chi connectivity index (χ4n) is 2.08. The van der Waals surface area contributed by atoms with Gasteiger partial charge in [0.15, 0.2) is 0 Å². The number of nitrogens with zero attached hydrogens (tertiary/aromatic N) is 2. The molecular formula is C17H13Cl2N3O2. The van der Waals surface area contributed by atoms with E-state index in [9.17, 15) is 4.79 Å². The minimum atomic E-state index is -0.406. The van der Waals surface area contributed by atoms with E-state index >= 15 is 0 Å². The van der Waals surface area contributed by atoms with Gasteiger partial charge in [-0.3, -0.25) is 4.79 Å². The van der Waals surface area contributed by atoms with Crippen LogP contribution in [0.5, 0.6) is 0 Å². The zero-order chi connectivity index (χ0) is 16.9. The second-order valence-electron chi connectivity index (χ2n) is 5.06. The van der Waals surface area contributed by atoms with Crippen molar-refractivity contribution in [2.45, 2.75) is 6.42 Å². The predicted octanol–water partition coefficient (Wildman–Crippen LogP) is 4.02. The molecule has 1 amide bonds. The summed E-state index contributed by atoms with van der Waals surface area (Å²) in [6.45, 7) is 0.457. The monoisotopic (exact) mass is 361 g/mol. The molecule has 2 aromatic carbocycles. The molecular weight excluding hydrogens is 349 g/mol. The van der Waals surface area contributed by atoms with Crippen LogP contribution in [0.2, 0.25) is 10.0 Å². The Morgan fingerprint density at radius 1 is 1.00 bits per heavy atom. The fourth-order valence-corrected chi connectivity index (χ4v) is 2.33. The Morgan fingerprint density at radius 2 is 1.62 bits per heavy atom. The number of hydrogen-bond acceptors (Lipinski definition) is 4. The van der Waals surface area contributed by atoms with E-state index in [0.717, 1.165) is 11.1 Å². The van der Waals surface area contributed by atoms with E-state index < -0.39 is 5.91 Å². The summed E-state index contributed by atoms with van der Waals surface area (Å²) in [5, 5.41) is 7.85. The van der Waals surface area contributed by atoms with Gasteiger partial charge in [-0.15, -0.1) is 0 Å². The summed E-state index contributed by atoms with van der Waals surface area (Å²) < 4.78 is 5.01. The Balaban J connectivity index is 1.57. The SMILES string of the molecule is O=C(NCCc1ccc(Cl)cc1)c1nc(-c2ccc(Cl)cc2)no1. The first-order valence-electron chi connectivity index (χ1n) is 7.24. The van der Waals surface area contributed by atoms with Crippen LogP contribution in [0.25, 0.3) is 11.4 Å². The van der Waals surface area contributed by atoms with Crippen molar-refractivity contribution in [3.05, 3.63) is 70.0 Å². The number of amides is 1. The number of benzene rings is 2. The average molecular weight is 362 g/mol. The molecule has 0 bridgehead atoms. The number of aromatic nitrogens is 2. The molecule has 0 radical (unpaired) electrons. The molecule has 1 heterocycles. The Hall–Kier alpha value is -2.37. The summed E-state index contributed by atoms with van der Waals surface area (Å²) in [6.07, 6.45) is 0.682. The molecule has 0 aliphatic heterocycles. The smallest absolute Gasteiger partial charge is 0.316 e. The molecule has 0 spiro atoms. The van der Waals surface area contributed by atoms with Gasteiger partial charge in [-0.05, 0) is 48.4 Å². The first kappa shape index (κ1) is 16.5. The Labute approximate surface area is 148 Å². The van der Waals surface area contributed by atoms with Gasteiger partial charge in [0.2, 0.25) is 5.82 Å². The first-order valence-corrected chi connectivity index (χ1v) is 8.00. The normalized spacial score (nSPS) is 10.6. The van der Waals surface area contributed by atoms with E-state index in [2.05, 4.69) is 15.5 Å². The van der Waals surface area contributed by atoms with Crippen LogP contribution < -0.4 is 5.32 Å². The number of hydrogen-bond donors (Lipinski definition) is 1. The highest BCUT2D eigenvalue weighted by molar-refractivity contribution is 6.30. The van der Waals surface area contributed by atoms with E-state index in [0.29, 0.717) is 28.8 Å². The van der Waals surface area contributed by atoms with Gasteiger partial charge in [0.25, 0.3) is 0 Å². The lowest BCUT2D eigenvalue weighted by Crippen LogP contribution is -2.25. The van der Waals surface area contributed by atoms with Crippen molar-refractivity contribution in [1.82, 2.24) is 15.5 Å². The number of carbonyl (C=O) groups excluding carboxylic acids is 1. The third kappa shape index (κ3) is 4.13. The highest BCUT2D eigenvalue weighted by Gasteiger charge is 2.15. The molecule has 0 fully saturated rings. The molecule has 0 saturated heterocycles. The first-order chi connectivity index (χ1) is 11.6. The number of carbonyl (C=O) groups is 1. The van der Waals surface area contributed by atoms with Gasteiger partial charge in [0.1, 0.15) is 0 Å². The zero-order valence-corrected chi connectivity index (χ0v) is 14.0. The highest BCUT2D eigenvalue weighted by atomic mass is 35.5. The van der Waals surface area contributed by atoms with Gasteiger partial charge in [-0.1, -0.05) is 40.5 Å².